The van der Waals surface area contributed by atoms with E-state index in [1.54, 1.807) is 0 Å². The van der Waals surface area contributed by atoms with Crippen LogP contribution in [-0.2, 0) is 9.59 Å². The molecule has 3 nitrogen and oxygen atoms in total. The normalized spacial score (nSPS) is 12.1. The van der Waals surface area contributed by atoms with Gasteiger partial charge < -0.3 is 5.73 Å². The molecule has 0 saturated heterocycles. The summed E-state index contributed by atoms with van der Waals surface area (Å²) in [4.78, 5) is 20.7. The van der Waals surface area contributed by atoms with E-state index in [9.17, 15) is 9.59 Å². The Labute approximate surface area is 53.5 Å². The standard InChI is InChI=1S/C6H9NO2/c1-3-5(4(2)8)6(7)9/h3,5H,1H2,2H3,(H2,7,9). The fraction of sp³-hybridized carbons (Fsp3) is 0.333. The predicted molar refractivity (Wildman–Crippen MR) is 33.6 cm³/mol. The second kappa shape index (κ2) is 3.02. The molecule has 0 bridgehead atoms. The third-order valence-corrected chi connectivity index (χ3v) is 0.980. The molecule has 0 saturated carbocycles. The fourth-order valence-electron chi connectivity index (χ4n) is 0.482. The number of amides is 1. The summed E-state index contributed by atoms with van der Waals surface area (Å²) >= 11 is 0. The van der Waals surface area contributed by atoms with Gasteiger partial charge in [0.15, 0.2) is 0 Å². The highest BCUT2D eigenvalue weighted by Gasteiger charge is 2.14. The number of rotatable bonds is 3. The molecule has 0 fully saturated rings. The number of hydrogen-bond acceptors (Lipinski definition) is 2. The number of Topliss-reactive ketones (excluding diaryl/α,β-unsaturated/α-hetero) is 1. The lowest BCUT2D eigenvalue weighted by molar-refractivity contribution is -0.128. The average molecular weight is 127 g/mol. The van der Waals surface area contributed by atoms with E-state index in [1.807, 2.05) is 0 Å². The first-order valence-corrected chi connectivity index (χ1v) is 2.52. The zero-order valence-corrected chi connectivity index (χ0v) is 5.26. The summed E-state index contributed by atoms with van der Waals surface area (Å²) in [5.41, 5.74) is 4.82. The molecule has 9 heavy (non-hydrogen) atoms. The lowest BCUT2D eigenvalue weighted by Crippen LogP contribution is -2.26. The van der Waals surface area contributed by atoms with Crippen LogP contribution in [0.25, 0.3) is 0 Å². The maximum absolute atomic E-state index is 10.4. The first-order chi connectivity index (χ1) is 4.09. The number of carbonyl (C=O) groups excluding carboxylic acids is 2. The molecule has 1 unspecified atom stereocenters. The zero-order valence-electron chi connectivity index (χ0n) is 5.26. The van der Waals surface area contributed by atoms with Crippen molar-refractivity contribution >= 4 is 11.7 Å². The summed E-state index contributed by atoms with van der Waals surface area (Å²) in [7, 11) is 0. The molecule has 2 N–H and O–H groups in total. The number of carbonyl (C=O) groups is 2. The van der Waals surface area contributed by atoms with Crippen LogP contribution < -0.4 is 5.73 Å². The average Bonchev–Trinajstić information content (AvgIpc) is 1.64. The van der Waals surface area contributed by atoms with Crippen LogP contribution in [0.1, 0.15) is 6.92 Å². The van der Waals surface area contributed by atoms with E-state index in [-0.39, 0.29) is 5.78 Å². The Bertz CT molecular complexity index is 137. The quantitative estimate of drug-likeness (QED) is 0.424. The maximum atomic E-state index is 10.4. The van der Waals surface area contributed by atoms with Crippen molar-refractivity contribution in [1.29, 1.82) is 0 Å². The lowest BCUT2D eigenvalue weighted by atomic mass is 10.1. The summed E-state index contributed by atoms with van der Waals surface area (Å²) in [6.07, 6.45) is 1.24. The molecule has 0 aliphatic heterocycles. The Kier molecular flexibility index (Phi) is 2.64. The van der Waals surface area contributed by atoms with Crippen molar-refractivity contribution in [2.24, 2.45) is 11.7 Å². The van der Waals surface area contributed by atoms with Crippen molar-refractivity contribution in [2.75, 3.05) is 0 Å². The Morgan fingerprint density at radius 2 is 2.11 bits per heavy atom. The van der Waals surface area contributed by atoms with Crippen LogP contribution in [0.3, 0.4) is 0 Å². The molecule has 0 aliphatic carbocycles. The summed E-state index contributed by atoms with van der Waals surface area (Å²) < 4.78 is 0. The van der Waals surface area contributed by atoms with Gasteiger partial charge in [0, 0.05) is 0 Å². The van der Waals surface area contributed by atoms with Gasteiger partial charge in [-0.1, -0.05) is 6.08 Å². The van der Waals surface area contributed by atoms with E-state index < -0.39 is 11.8 Å². The number of nitrogens with two attached hydrogens (primary N) is 1. The molecule has 0 heterocycles. The molecule has 0 radical (unpaired) electrons. The van der Waals surface area contributed by atoms with Gasteiger partial charge in [-0.05, 0) is 6.92 Å². The molecular formula is C6H9NO2. The van der Waals surface area contributed by atoms with Crippen molar-refractivity contribution in [3.8, 4) is 0 Å². The number of hydrogen-bond donors (Lipinski definition) is 1. The van der Waals surface area contributed by atoms with Crippen molar-refractivity contribution in [3.63, 3.8) is 0 Å². The van der Waals surface area contributed by atoms with Gasteiger partial charge in [-0.15, -0.1) is 6.58 Å². The molecule has 0 aromatic rings. The third kappa shape index (κ3) is 2.08. The van der Waals surface area contributed by atoms with Crippen LogP contribution in [0.2, 0.25) is 0 Å². The van der Waals surface area contributed by atoms with Gasteiger partial charge in [-0.3, -0.25) is 9.59 Å². The van der Waals surface area contributed by atoms with Gasteiger partial charge >= 0.3 is 0 Å². The molecule has 0 spiro atoms. The molecule has 0 aromatic heterocycles. The fourth-order valence-corrected chi connectivity index (χ4v) is 0.482. The first kappa shape index (κ1) is 7.88. The highest BCUT2D eigenvalue weighted by Crippen LogP contribution is 1.96. The van der Waals surface area contributed by atoms with Gasteiger partial charge in [0.25, 0.3) is 0 Å². The Hall–Kier alpha value is -1.12. The van der Waals surface area contributed by atoms with Crippen LogP contribution in [0.15, 0.2) is 12.7 Å². The van der Waals surface area contributed by atoms with Crippen LogP contribution in [0, 0.1) is 5.92 Å². The smallest absolute Gasteiger partial charge is 0.231 e. The Balaban J connectivity index is 4.16. The topological polar surface area (TPSA) is 60.2 Å². The largest absolute Gasteiger partial charge is 0.369 e. The molecule has 0 aliphatic rings. The second-order valence-electron chi connectivity index (χ2n) is 1.73. The van der Waals surface area contributed by atoms with Crippen LogP contribution in [-0.4, -0.2) is 11.7 Å². The van der Waals surface area contributed by atoms with E-state index in [4.69, 9.17) is 5.73 Å². The van der Waals surface area contributed by atoms with Gasteiger partial charge in [0.1, 0.15) is 11.7 Å². The third-order valence-electron chi connectivity index (χ3n) is 0.980. The van der Waals surface area contributed by atoms with Crippen molar-refractivity contribution in [3.05, 3.63) is 12.7 Å². The summed E-state index contributed by atoms with van der Waals surface area (Å²) in [5.74, 6) is -1.72. The molecule has 0 aromatic carbocycles. The van der Waals surface area contributed by atoms with E-state index in [2.05, 4.69) is 6.58 Å². The lowest BCUT2D eigenvalue weighted by Gasteiger charge is -1.99. The number of ketones is 1. The van der Waals surface area contributed by atoms with Crippen molar-refractivity contribution in [1.82, 2.24) is 0 Å². The van der Waals surface area contributed by atoms with Gasteiger partial charge in [0.2, 0.25) is 5.91 Å². The Morgan fingerprint density at radius 1 is 1.67 bits per heavy atom. The van der Waals surface area contributed by atoms with E-state index >= 15 is 0 Å². The zero-order chi connectivity index (χ0) is 7.44. The van der Waals surface area contributed by atoms with E-state index in [0.29, 0.717) is 0 Å². The number of primary amides is 1. The van der Waals surface area contributed by atoms with Gasteiger partial charge in [-0.2, -0.15) is 0 Å². The van der Waals surface area contributed by atoms with Gasteiger partial charge in [0.05, 0.1) is 0 Å². The van der Waals surface area contributed by atoms with E-state index in [0.717, 1.165) is 0 Å². The summed E-state index contributed by atoms with van der Waals surface area (Å²) in [5, 5.41) is 0. The van der Waals surface area contributed by atoms with Crippen molar-refractivity contribution in [2.45, 2.75) is 6.92 Å². The molecule has 1 amide bonds. The highest BCUT2D eigenvalue weighted by molar-refractivity contribution is 6.01. The predicted octanol–water partition coefficient (Wildman–Crippen LogP) is -0.137. The van der Waals surface area contributed by atoms with Gasteiger partial charge in [-0.25, -0.2) is 0 Å². The summed E-state index contributed by atoms with van der Waals surface area (Å²) in [6.45, 7) is 4.58. The first-order valence-electron chi connectivity index (χ1n) is 2.52. The minimum absolute atomic E-state index is 0.266. The van der Waals surface area contributed by atoms with Crippen LogP contribution in [0.5, 0.6) is 0 Å². The second-order valence-corrected chi connectivity index (χ2v) is 1.73. The van der Waals surface area contributed by atoms with Crippen LogP contribution in [0.4, 0.5) is 0 Å². The molecule has 1 atom stereocenters. The Morgan fingerprint density at radius 3 is 2.11 bits per heavy atom. The minimum atomic E-state index is -0.815. The minimum Gasteiger partial charge on any atom is -0.369 e. The van der Waals surface area contributed by atoms with E-state index in [1.165, 1.54) is 13.0 Å². The molecular weight excluding hydrogens is 118 g/mol. The monoisotopic (exact) mass is 127 g/mol. The SMILES string of the molecule is C=CC(C(C)=O)C(N)=O. The maximum Gasteiger partial charge on any atom is 0.231 e. The molecule has 3 heteroatoms. The highest BCUT2D eigenvalue weighted by atomic mass is 16.2. The summed E-state index contributed by atoms with van der Waals surface area (Å²) in [6, 6.07) is 0. The molecule has 50 valence electrons. The van der Waals surface area contributed by atoms with Crippen LogP contribution >= 0.6 is 0 Å². The molecule has 0 rings (SSSR count). The van der Waals surface area contributed by atoms with Crippen molar-refractivity contribution < 1.29 is 9.59 Å².